The lowest BCUT2D eigenvalue weighted by molar-refractivity contribution is -0.142. The van der Waals surface area contributed by atoms with Crippen LogP contribution in [0.2, 0.25) is 0 Å². The number of hydrogen-bond acceptors (Lipinski definition) is 3. The number of likely N-dealkylation sites (N-methyl/N-ethyl adjacent to an activating group) is 1. The molecule has 0 aromatic rings. The van der Waals surface area contributed by atoms with Crippen LogP contribution in [0.3, 0.4) is 0 Å². The zero-order chi connectivity index (χ0) is 12.5. The molecule has 0 spiro atoms. The van der Waals surface area contributed by atoms with Gasteiger partial charge in [-0.15, -0.1) is 0 Å². The minimum absolute atomic E-state index is 0.169. The Labute approximate surface area is 103 Å². The maximum Gasteiger partial charge on any atom is 0.229 e. The molecule has 0 aromatic heterocycles. The molecule has 4 heteroatoms. The summed E-state index contributed by atoms with van der Waals surface area (Å²) in [6.07, 6.45) is 4.72. The lowest BCUT2D eigenvalue weighted by atomic mass is 9.87. The monoisotopic (exact) mass is 240 g/mol. The predicted octanol–water partition coefficient (Wildman–Crippen LogP) is 0.749. The average molecular weight is 240 g/mol. The summed E-state index contributed by atoms with van der Waals surface area (Å²) in [5, 5.41) is 13.6. The third-order valence-corrected chi connectivity index (χ3v) is 4.30. The van der Waals surface area contributed by atoms with Crippen LogP contribution in [0.4, 0.5) is 0 Å². The van der Waals surface area contributed by atoms with Crippen molar-refractivity contribution in [3.63, 3.8) is 0 Å². The number of carbonyl (C=O) groups is 1. The molecule has 4 nitrogen and oxygen atoms in total. The van der Waals surface area contributed by atoms with Crippen LogP contribution in [0.1, 0.15) is 39.0 Å². The topological polar surface area (TPSA) is 52.6 Å². The minimum atomic E-state index is -0.632. The molecular formula is C13H24N2O2. The Kier molecular flexibility index (Phi) is 3.46. The molecule has 2 aliphatic rings. The molecule has 1 saturated carbocycles. The first-order valence-corrected chi connectivity index (χ1v) is 6.64. The van der Waals surface area contributed by atoms with Crippen LogP contribution >= 0.6 is 0 Å². The fourth-order valence-corrected chi connectivity index (χ4v) is 3.16. The maximum atomic E-state index is 12.4. The maximum absolute atomic E-state index is 12.4. The van der Waals surface area contributed by atoms with Crippen LogP contribution in [0, 0.1) is 5.41 Å². The third-order valence-electron chi connectivity index (χ3n) is 4.30. The van der Waals surface area contributed by atoms with E-state index >= 15 is 0 Å². The third kappa shape index (κ3) is 2.63. The highest BCUT2D eigenvalue weighted by Crippen LogP contribution is 2.32. The predicted molar refractivity (Wildman–Crippen MR) is 66.6 cm³/mol. The normalized spacial score (nSPS) is 31.7. The second-order valence-electron chi connectivity index (χ2n) is 6.08. The second-order valence-corrected chi connectivity index (χ2v) is 6.08. The number of hydrogen-bond donors (Lipinski definition) is 2. The van der Waals surface area contributed by atoms with Gasteiger partial charge in [-0.1, -0.05) is 12.8 Å². The summed E-state index contributed by atoms with van der Waals surface area (Å²) in [7, 11) is 1.82. The molecule has 1 amide bonds. The molecule has 2 N–H and O–H groups in total. The van der Waals surface area contributed by atoms with Crippen LogP contribution in [-0.4, -0.2) is 48.2 Å². The first-order chi connectivity index (χ1) is 7.95. The molecule has 1 atom stereocenters. The number of aliphatic hydroxyl groups is 1. The first-order valence-electron chi connectivity index (χ1n) is 6.64. The average Bonchev–Trinajstić information content (AvgIpc) is 2.87. The van der Waals surface area contributed by atoms with Crippen LogP contribution < -0.4 is 5.32 Å². The second kappa shape index (κ2) is 4.58. The van der Waals surface area contributed by atoms with Gasteiger partial charge in [-0.25, -0.2) is 0 Å². The Bertz CT molecular complexity index is 292. The number of nitrogens with zero attached hydrogens (tertiary/aromatic N) is 1. The van der Waals surface area contributed by atoms with Gasteiger partial charge in [-0.3, -0.25) is 4.79 Å². The van der Waals surface area contributed by atoms with Crippen LogP contribution in [0.15, 0.2) is 0 Å². The van der Waals surface area contributed by atoms with Crippen LogP contribution in [0.25, 0.3) is 0 Å². The van der Waals surface area contributed by atoms with Crippen LogP contribution in [0.5, 0.6) is 0 Å². The van der Waals surface area contributed by atoms with Crippen molar-refractivity contribution in [2.24, 2.45) is 5.41 Å². The van der Waals surface area contributed by atoms with Crippen molar-refractivity contribution in [2.45, 2.75) is 44.6 Å². The van der Waals surface area contributed by atoms with E-state index in [0.29, 0.717) is 6.54 Å². The molecule has 17 heavy (non-hydrogen) atoms. The molecule has 1 unspecified atom stereocenters. The van der Waals surface area contributed by atoms with Crippen molar-refractivity contribution in [1.29, 1.82) is 0 Å². The van der Waals surface area contributed by atoms with Crippen molar-refractivity contribution < 1.29 is 9.90 Å². The van der Waals surface area contributed by atoms with Gasteiger partial charge < -0.3 is 15.3 Å². The highest BCUT2D eigenvalue weighted by atomic mass is 16.3. The van der Waals surface area contributed by atoms with Crippen molar-refractivity contribution in [2.75, 3.05) is 26.7 Å². The molecule has 1 saturated heterocycles. The number of rotatable bonds is 3. The Morgan fingerprint density at radius 3 is 2.53 bits per heavy atom. The van der Waals surface area contributed by atoms with Crippen molar-refractivity contribution in [1.82, 2.24) is 10.2 Å². The molecule has 1 aliphatic carbocycles. The summed E-state index contributed by atoms with van der Waals surface area (Å²) in [4.78, 5) is 14.1. The van der Waals surface area contributed by atoms with E-state index in [0.717, 1.165) is 45.2 Å². The van der Waals surface area contributed by atoms with Crippen molar-refractivity contribution in [3.8, 4) is 0 Å². The fourth-order valence-electron chi connectivity index (χ4n) is 3.16. The van der Waals surface area contributed by atoms with E-state index in [1.54, 1.807) is 4.90 Å². The lowest BCUT2D eigenvalue weighted by Gasteiger charge is -2.33. The quantitative estimate of drug-likeness (QED) is 0.765. The van der Waals surface area contributed by atoms with Gasteiger partial charge in [0.1, 0.15) is 0 Å². The minimum Gasteiger partial charge on any atom is -0.388 e. The number of carbonyl (C=O) groups excluding carboxylic acids is 1. The highest BCUT2D eigenvalue weighted by molar-refractivity contribution is 5.82. The van der Waals surface area contributed by atoms with Gasteiger partial charge in [-0.2, -0.15) is 0 Å². The molecule has 1 aliphatic heterocycles. The summed E-state index contributed by atoms with van der Waals surface area (Å²) in [5.74, 6) is 0.169. The molecule has 0 aromatic carbocycles. The summed E-state index contributed by atoms with van der Waals surface area (Å²) in [6, 6.07) is 0. The molecule has 2 fully saturated rings. The lowest BCUT2D eigenvalue weighted by Crippen LogP contribution is -2.48. The van der Waals surface area contributed by atoms with E-state index in [1.807, 2.05) is 14.0 Å². The van der Waals surface area contributed by atoms with Gasteiger partial charge in [0.2, 0.25) is 5.91 Å². The summed E-state index contributed by atoms with van der Waals surface area (Å²) >= 11 is 0. The molecule has 0 bridgehead atoms. The van der Waals surface area contributed by atoms with Crippen LogP contribution in [-0.2, 0) is 4.79 Å². The molecule has 1 heterocycles. The largest absolute Gasteiger partial charge is 0.388 e. The van der Waals surface area contributed by atoms with Crippen molar-refractivity contribution in [3.05, 3.63) is 0 Å². The Morgan fingerprint density at radius 2 is 2.00 bits per heavy atom. The first kappa shape index (κ1) is 12.8. The van der Waals surface area contributed by atoms with Gasteiger partial charge in [0, 0.05) is 20.1 Å². The summed E-state index contributed by atoms with van der Waals surface area (Å²) < 4.78 is 0. The van der Waals surface area contributed by atoms with Gasteiger partial charge in [0.05, 0.1) is 11.0 Å². The molecule has 98 valence electrons. The Morgan fingerprint density at radius 1 is 1.35 bits per heavy atom. The number of nitrogens with one attached hydrogen (secondary N) is 1. The zero-order valence-electron chi connectivity index (χ0n) is 11.0. The van der Waals surface area contributed by atoms with E-state index in [-0.39, 0.29) is 11.3 Å². The molecule has 0 radical (unpaired) electrons. The molecular weight excluding hydrogens is 216 g/mol. The van der Waals surface area contributed by atoms with E-state index in [2.05, 4.69) is 5.32 Å². The zero-order valence-corrected chi connectivity index (χ0v) is 11.0. The fraction of sp³-hybridized carbons (Fsp3) is 0.923. The van der Waals surface area contributed by atoms with E-state index in [1.165, 1.54) is 0 Å². The summed E-state index contributed by atoms with van der Waals surface area (Å²) in [5.41, 5.74) is -0.906. The SMILES string of the molecule is CN(CC1(O)CCCC1)C(=O)C1(C)CCNC1. The summed E-state index contributed by atoms with van der Waals surface area (Å²) in [6.45, 7) is 4.18. The standard InChI is InChI=1S/C13H24N2O2/c1-12(7-8-14-9-12)11(16)15(2)10-13(17)5-3-4-6-13/h14,17H,3-10H2,1-2H3. The van der Waals surface area contributed by atoms with Crippen molar-refractivity contribution >= 4 is 5.91 Å². The van der Waals surface area contributed by atoms with E-state index < -0.39 is 5.60 Å². The van der Waals surface area contributed by atoms with Gasteiger partial charge in [-0.05, 0) is 32.7 Å². The number of amides is 1. The van der Waals surface area contributed by atoms with E-state index in [9.17, 15) is 9.90 Å². The Balaban J connectivity index is 1.95. The smallest absolute Gasteiger partial charge is 0.229 e. The molecule has 2 rings (SSSR count). The van der Waals surface area contributed by atoms with Gasteiger partial charge >= 0.3 is 0 Å². The van der Waals surface area contributed by atoms with E-state index in [4.69, 9.17) is 0 Å². The van der Waals surface area contributed by atoms with Gasteiger partial charge in [0.15, 0.2) is 0 Å². The van der Waals surface area contributed by atoms with Gasteiger partial charge in [0.25, 0.3) is 0 Å². The Hall–Kier alpha value is -0.610. The highest BCUT2D eigenvalue weighted by Gasteiger charge is 2.41.